The second-order valence-corrected chi connectivity index (χ2v) is 8.22. The number of hydrogen-bond donors (Lipinski definition) is 1. The van der Waals surface area contributed by atoms with Crippen LogP contribution in [0.3, 0.4) is 0 Å². The SMILES string of the molecule is Cc1c(NC2CCCCCCC2)nc(Cl)nc1C(C)(C)C(C)C. The van der Waals surface area contributed by atoms with Gasteiger partial charge in [-0.05, 0) is 37.3 Å². The van der Waals surface area contributed by atoms with E-state index >= 15 is 0 Å². The molecule has 1 aromatic rings. The lowest BCUT2D eigenvalue weighted by molar-refractivity contribution is 0.360. The molecule has 0 unspecified atom stereocenters. The summed E-state index contributed by atoms with van der Waals surface area (Å²) in [4.78, 5) is 9.06. The molecule has 130 valence electrons. The van der Waals surface area contributed by atoms with Crippen LogP contribution >= 0.6 is 11.6 Å². The minimum Gasteiger partial charge on any atom is -0.367 e. The molecule has 1 aliphatic rings. The topological polar surface area (TPSA) is 37.8 Å². The standard InChI is InChI=1S/C19H32ClN3/c1-13(2)19(4,5)16-14(3)17(23-18(20)22-16)21-15-11-9-7-6-8-10-12-15/h13,15H,6-12H2,1-5H3,(H,21,22,23). The lowest BCUT2D eigenvalue weighted by Gasteiger charge is -2.31. The number of nitrogens with one attached hydrogen (secondary N) is 1. The molecule has 4 heteroatoms. The summed E-state index contributed by atoms with van der Waals surface area (Å²) in [7, 11) is 0. The number of anilines is 1. The molecular formula is C19H32ClN3. The Bertz CT molecular complexity index is 518. The van der Waals surface area contributed by atoms with E-state index in [1.807, 2.05) is 0 Å². The average molecular weight is 338 g/mol. The first-order chi connectivity index (χ1) is 10.8. The Balaban J connectivity index is 2.26. The molecule has 3 nitrogen and oxygen atoms in total. The molecule has 1 fully saturated rings. The van der Waals surface area contributed by atoms with Crippen LogP contribution in [0.4, 0.5) is 5.82 Å². The van der Waals surface area contributed by atoms with Gasteiger partial charge in [0, 0.05) is 17.0 Å². The zero-order chi connectivity index (χ0) is 17.0. The Morgan fingerprint density at radius 3 is 2.17 bits per heavy atom. The third-order valence-corrected chi connectivity index (χ3v) is 5.79. The van der Waals surface area contributed by atoms with Crippen molar-refractivity contribution in [3.05, 3.63) is 16.5 Å². The van der Waals surface area contributed by atoms with Crippen molar-refractivity contribution in [1.29, 1.82) is 0 Å². The van der Waals surface area contributed by atoms with Crippen LogP contribution in [-0.4, -0.2) is 16.0 Å². The van der Waals surface area contributed by atoms with Gasteiger partial charge in [0.25, 0.3) is 0 Å². The van der Waals surface area contributed by atoms with Crippen LogP contribution in [0.2, 0.25) is 5.28 Å². The summed E-state index contributed by atoms with van der Waals surface area (Å²) in [5, 5.41) is 4.03. The van der Waals surface area contributed by atoms with Gasteiger partial charge in [-0.3, -0.25) is 0 Å². The molecule has 1 heterocycles. The Labute approximate surface area is 146 Å². The smallest absolute Gasteiger partial charge is 0.224 e. The van der Waals surface area contributed by atoms with Crippen LogP contribution in [0.1, 0.15) is 83.9 Å². The molecule has 0 radical (unpaired) electrons. The molecule has 1 aromatic heterocycles. The number of rotatable bonds is 4. The van der Waals surface area contributed by atoms with Crippen LogP contribution in [0.25, 0.3) is 0 Å². The summed E-state index contributed by atoms with van der Waals surface area (Å²) in [6.45, 7) is 11.1. The average Bonchev–Trinajstić information content (AvgIpc) is 2.44. The summed E-state index contributed by atoms with van der Waals surface area (Å²) in [5.74, 6) is 1.42. The van der Waals surface area contributed by atoms with E-state index in [-0.39, 0.29) is 5.41 Å². The highest BCUT2D eigenvalue weighted by Crippen LogP contribution is 2.35. The van der Waals surface area contributed by atoms with Crippen LogP contribution in [-0.2, 0) is 5.41 Å². The normalized spacial score (nSPS) is 17.9. The van der Waals surface area contributed by atoms with E-state index in [2.05, 4.69) is 49.9 Å². The van der Waals surface area contributed by atoms with Gasteiger partial charge in [0.05, 0.1) is 5.69 Å². The van der Waals surface area contributed by atoms with Gasteiger partial charge in [0.2, 0.25) is 5.28 Å². The van der Waals surface area contributed by atoms with E-state index in [9.17, 15) is 0 Å². The highest BCUT2D eigenvalue weighted by molar-refractivity contribution is 6.28. The number of hydrogen-bond acceptors (Lipinski definition) is 3. The van der Waals surface area contributed by atoms with Gasteiger partial charge in [-0.2, -0.15) is 0 Å². The van der Waals surface area contributed by atoms with Crippen molar-refractivity contribution in [1.82, 2.24) is 9.97 Å². The summed E-state index contributed by atoms with van der Waals surface area (Å²) in [6, 6.07) is 0.509. The minimum absolute atomic E-state index is 0.0198. The molecular weight excluding hydrogens is 306 g/mol. The Kier molecular flexibility index (Phi) is 6.30. The second-order valence-electron chi connectivity index (χ2n) is 7.88. The second kappa shape index (κ2) is 7.83. The fraction of sp³-hybridized carbons (Fsp3) is 0.789. The quantitative estimate of drug-likeness (QED) is 0.695. The summed E-state index contributed by atoms with van der Waals surface area (Å²) < 4.78 is 0. The lowest BCUT2D eigenvalue weighted by atomic mass is 9.76. The lowest BCUT2D eigenvalue weighted by Crippen LogP contribution is -2.29. The van der Waals surface area contributed by atoms with Crippen LogP contribution in [0.5, 0.6) is 0 Å². The van der Waals surface area contributed by atoms with E-state index < -0.39 is 0 Å². The number of halogens is 1. The molecule has 1 N–H and O–H groups in total. The maximum absolute atomic E-state index is 6.25. The van der Waals surface area contributed by atoms with Gasteiger partial charge in [0.15, 0.2) is 0 Å². The maximum atomic E-state index is 6.25. The van der Waals surface area contributed by atoms with Crippen molar-refractivity contribution in [2.45, 2.75) is 91.0 Å². The van der Waals surface area contributed by atoms with Crippen molar-refractivity contribution in [3.8, 4) is 0 Å². The van der Waals surface area contributed by atoms with Gasteiger partial charge >= 0.3 is 0 Å². The molecule has 23 heavy (non-hydrogen) atoms. The largest absolute Gasteiger partial charge is 0.367 e. The highest BCUT2D eigenvalue weighted by Gasteiger charge is 2.30. The van der Waals surface area contributed by atoms with E-state index in [4.69, 9.17) is 11.6 Å². The Hall–Kier alpha value is -0.830. The Morgan fingerprint density at radius 2 is 1.61 bits per heavy atom. The number of aromatic nitrogens is 2. The molecule has 0 aromatic carbocycles. The van der Waals surface area contributed by atoms with E-state index in [0.717, 1.165) is 17.1 Å². The predicted octanol–water partition coefficient (Wildman–Crippen LogP) is 5.90. The van der Waals surface area contributed by atoms with Crippen molar-refractivity contribution >= 4 is 17.4 Å². The van der Waals surface area contributed by atoms with E-state index in [1.165, 1.54) is 44.9 Å². The highest BCUT2D eigenvalue weighted by atomic mass is 35.5. The molecule has 0 saturated heterocycles. The van der Waals surface area contributed by atoms with Crippen LogP contribution < -0.4 is 5.32 Å². The molecule has 0 amide bonds. The van der Waals surface area contributed by atoms with Gasteiger partial charge in [0.1, 0.15) is 5.82 Å². The Morgan fingerprint density at radius 1 is 1.04 bits per heavy atom. The van der Waals surface area contributed by atoms with Crippen molar-refractivity contribution in [3.63, 3.8) is 0 Å². The maximum Gasteiger partial charge on any atom is 0.224 e. The molecule has 0 atom stereocenters. The van der Waals surface area contributed by atoms with Crippen molar-refractivity contribution in [2.24, 2.45) is 5.92 Å². The fourth-order valence-electron chi connectivity index (χ4n) is 3.32. The molecule has 1 aliphatic carbocycles. The van der Waals surface area contributed by atoms with E-state index in [1.54, 1.807) is 0 Å². The first-order valence-corrected chi connectivity index (χ1v) is 9.51. The third kappa shape index (κ3) is 4.59. The summed E-state index contributed by atoms with van der Waals surface area (Å²) in [6.07, 6.45) is 9.16. The third-order valence-electron chi connectivity index (χ3n) is 5.62. The van der Waals surface area contributed by atoms with Crippen molar-refractivity contribution < 1.29 is 0 Å². The van der Waals surface area contributed by atoms with Crippen LogP contribution in [0, 0.1) is 12.8 Å². The first-order valence-electron chi connectivity index (χ1n) is 9.13. The predicted molar refractivity (Wildman–Crippen MR) is 99.4 cm³/mol. The van der Waals surface area contributed by atoms with E-state index in [0.29, 0.717) is 17.2 Å². The summed E-state index contributed by atoms with van der Waals surface area (Å²) >= 11 is 6.25. The number of nitrogens with zero attached hydrogens (tertiary/aromatic N) is 2. The van der Waals surface area contributed by atoms with Crippen LogP contribution in [0.15, 0.2) is 0 Å². The zero-order valence-corrected chi connectivity index (χ0v) is 16.1. The molecule has 0 spiro atoms. The molecule has 0 aliphatic heterocycles. The minimum atomic E-state index is -0.0198. The van der Waals surface area contributed by atoms with Gasteiger partial charge in [-0.15, -0.1) is 0 Å². The van der Waals surface area contributed by atoms with Gasteiger partial charge in [-0.1, -0.05) is 59.8 Å². The first kappa shape index (κ1) is 18.5. The van der Waals surface area contributed by atoms with Crippen molar-refractivity contribution in [2.75, 3.05) is 5.32 Å². The monoisotopic (exact) mass is 337 g/mol. The van der Waals surface area contributed by atoms with Gasteiger partial charge < -0.3 is 5.32 Å². The molecule has 0 bridgehead atoms. The van der Waals surface area contributed by atoms with Gasteiger partial charge in [-0.25, -0.2) is 9.97 Å². The summed E-state index contributed by atoms with van der Waals surface area (Å²) in [5.41, 5.74) is 2.20. The molecule has 2 rings (SSSR count). The molecule has 1 saturated carbocycles. The zero-order valence-electron chi connectivity index (χ0n) is 15.4. The fourth-order valence-corrected chi connectivity index (χ4v) is 3.49.